The number of amides is 1. The van der Waals surface area contributed by atoms with E-state index in [1.807, 2.05) is 6.07 Å². The van der Waals surface area contributed by atoms with E-state index in [1.54, 1.807) is 49.8 Å². The molecular formula is C23H19ClFN5O2. The summed E-state index contributed by atoms with van der Waals surface area (Å²) in [4.78, 5) is 25.9. The van der Waals surface area contributed by atoms with Crippen LogP contribution >= 0.6 is 11.6 Å². The molecule has 0 atom stereocenters. The molecule has 0 radical (unpaired) electrons. The average Bonchev–Trinajstić information content (AvgIpc) is 2.81. The highest BCUT2D eigenvalue weighted by Gasteiger charge is 2.14. The second kappa shape index (κ2) is 9.67. The number of methoxy groups -OCH3 is 1. The van der Waals surface area contributed by atoms with E-state index in [0.717, 1.165) is 5.56 Å². The van der Waals surface area contributed by atoms with Crippen LogP contribution in [0.3, 0.4) is 0 Å². The van der Waals surface area contributed by atoms with Gasteiger partial charge in [0.25, 0.3) is 5.91 Å². The predicted octanol–water partition coefficient (Wildman–Crippen LogP) is 4.60. The minimum Gasteiger partial charge on any atom is -0.383 e. The summed E-state index contributed by atoms with van der Waals surface area (Å²) in [6.45, 7) is 0.804. The van der Waals surface area contributed by atoms with E-state index in [1.165, 1.54) is 12.1 Å². The van der Waals surface area contributed by atoms with Gasteiger partial charge in [-0.15, -0.1) is 0 Å². The molecule has 2 N–H and O–H groups in total. The minimum absolute atomic E-state index is 0.0148. The molecule has 32 heavy (non-hydrogen) atoms. The summed E-state index contributed by atoms with van der Waals surface area (Å²) in [5.74, 6) is 0.147. The first-order valence-electron chi connectivity index (χ1n) is 9.76. The summed E-state index contributed by atoms with van der Waals surface area (Å²) in [7, 11) is 1.57. The van der Waals surface area contributed by atoms with Gasteiger partial charge in [0.2, 0.25) is 0 Å². The molecule has 0 unspecified atom stereocenters. The highest BCUT2D eigenvalue weighted by atomic mass is 35.5. The van der Waals surface area contributed by atoms with Gasteiger partial charge in [-0.05, 0) is 48.5 Å². The summed E-state index contributed by atoms with van der Waals surface area (Å²) in [6.07, 6.45) is 3.33. The normalized spacial score (nSPS) is 10.8. The van der Waals surface area contributed by atoms with Crippen LogP contribution in [0.4, 0.5) is 15.9 Å². The molecule has 2 heterocycles. The maximum atomic E-state index is 13.6. The summed E-state index contributed by atoms with van der Waals surface area (Å²) in [6, 6.07) is 13.1. The SMILES string of the molecule is COCCNC(=O)c1ccc2nc(-c3cccnc3)nc(Nc3ccc(F)c(Cl)c3)c2c1. The van der Waals surface area contributed by atoms with Crippen molar-refractivity contribution < 1.29 is 13.9 Å². The highest BCUT2D eigenvalue weighted by Crippen LogP contribution is 2.29. The Bertz CT molecular complexity index is 1270. The Balaban J connectivity index is 1.79. The number of benzene rings is 2. The molecule has 0 saturated carbocycles. The number of hydrogen-bond donors (Lipinski definition) is 2. The van der Waals surface area contributed by atoms with Gasteiger partial charge >= 0.3 is 0 Å². The second-order valence-corrected chi connectivity index (χ2v) is 7.28. The van der Waals surface area contributed by atoms with Gasteiger partial charge in [0, 0.05) is 48.2 Å². The molecule has 4 rings (SSSR count). The number of pyridine rings is 1. The lowest BCUT2D eigenvalue weighted by molar-refractivity contribution is 0.0937. The van der Waals surface area contributed by atoms with E-state index in [0.29, 0.717) is 46.9 Å². The molecule has 0 saturated heterocycles. The molecule has 4 aromatic rings. The van der Waals surface area contributed by atoms with Gasteiger partial charge in [0.15, 0.2) is 5.82 Å². The van der Waals surface area contributed by atoms with E-state index in [4.69, 9.17) is 16.3 Å². The first kappa shape index (κ1) is 21.6. The number of ether oxygens (including phenoxy) is 1. The van der Waals surface area contributed by atoms with E-state index in [-0.39, 0.29) is 10.9 Å². The van der Waals surface area contributed by atoms with Gasteiger partial charge in [0.1, 0.15) is 11.6 Å². The Morgan fingerprint density at radius 2 is 2.03 bits per heavy atom. The van der Waals surface area contributed by atoms with Crippen molar-refractivity contribution in [3.8, 4) is 11.4 Å². The van der Waals surface area contributed by atoms with Crippen LogP contribution in [-0.4, -0.2) is 41.1 Å². The van der Waals surface area contributed by atoms with Crippen LogP contribution in [0, 0.1) is 5.82 Å². The first-order valence-corrected chi connectivity index (χ1v) is 10.1. The predicted molar refractivity (Wildman–Crippen MR) is 122 cm³/mol. The standard InChI is InChI=1S/C23H19ClFN5O2/c1-32-10-9-27-23(31)14-4-7-20-17(11-14)22(28-16-5-6-19(25)18(24)12-16)30-21(29-20)15-3-2-8-26-13-15/h2-8,11-13H,9-10H2,1H3,(H,27,31)(H,28,29,30). The zero-order valence-corrected chi connectivity index (χ0v) is 17.9. The molecule has 0 spiro atoms. The maximum Gasteiger partial charge on any atom is 0.251 e. The van der Waals surface area contributed by atoms with Gasteiger partial charge in [-0.3, -0.25) is 9.78 Å². The van der Waals surface area contributed by atoms with Crippen LogP contribution in [0.1, 0.15) is 10.4 Å². The van der Waals surface area contributed by atoms with Crippen molar-refractivity contribution in [2.75, 3.05) is 25.6 Å². The number of halogens is 2. The largest absolute Gasteiger partial charge is 0.383 e. The van der Waals surface area contributed by atoms with Crippen LogP contribution in [0.15, 0.2) is 60.9 Å². The summed E-state index contributed by atoms with van der Waals surface area (Å²) in [5, 5.41) is 6.57. The Hall–Kier alpha value is -3.62. The monoisotopic (exact) mass is 451 g/mol. The fourth-order valence-electron chi connectivity index (χ4n) is 3.07. The Labute approximate surface area is 188 Å². The van der Waals surface area contributed by atoms with Crippen molar-refractivity contribution >= 4 is 39.9 Å². The molecule has 0 aliphatic heterocycles. The van der Waals surface area contributed by atoms with Crippen molar-refractivity contribution in [1.82, 2.24) is 20.3 Å². The number of nitrogens with zero attached hydrogens (tertiary/aromatic N) is 3. The summed E-state index contributed by atoms with van der Waals surface area (Å²) >= 11 is 5.93. The molecule has 0 aliphatic carbocycles. The van der Waals surface area contributed by atoms with Gasteiger partial charge in [-0.2, -0.15) is 0 Å². The molecule has 1 amide bonds. The number of nitrogens with one attached hydrogen (secondary N) is 2. The number of anilines is 2. The summed E-state index contributed by atoms with van der Waals surface area (Å²) in [5.41, 5.74) is 2.36. The third-order valence-corrected chi connectivity index (χ3v) is 4.94. The number of hydrogen-bond acceptors (Lipinski definition) is 6. The van der Waals surface area contributed by atoms with Crippen molar-refractivity contribution in [3.05, 3.63) is 77.3 Å². The Kier molecular flexibility index (Phi) is 6.53. The summed E-state index contributed by atoms with van der Waals surface area (Å²) < 4.78 is 18.6. The fourth-order valence-corrected chi connectivity index (χ4v) is 3.25. The molecule has 0 bridgehead atoms. The van der Waals surface area contributed by atoms with Gasteiger partial charge in [-0.25, -0.2) is 14.4 Å². The topological polar surface area (TPSA) is 89.0 Å². The zero-order chi connectivity index (χ0) is 22.5. The van der Waals surface area contributed by atoms with E-state index < -0.39 is 5.82 Å². The average molecular weight is 452 g/mol. The lowest BCUT2D eigenvalue weighted by atomic mass is 10.1. The number of fused-ring (bicyclic) bond motifs is 1. The fraction of sp³-hybridized carbons (Fsp3) is 0.130. The van der Waals surface area contributed by atoms with Gasteiger partial charge < -0.3 is 15.4 Å². The zero-order valence-electron chi connectivity index (χ0n) is 17.1. The number of carbonyl (C=O) groups is 1. The Morgan fingerprint density at radius 3 is 2.78 bits per heavy atom. The molecular weight excluding hydrogens is 433 g/mol. The maximum absolute atomic E-state index is 13.6. The van der Waals surface area contributed by atoms with Crippen LogP contribution in [0.2, 0.25) is 5.02 Å². The first-order chi connectivity index (χ1) is 15.5. The highest BCUT2D eigenvalue weighted by molar-refractivity contribution is 6.31. The van der Waals surface area contributed by atoms with Gasteiger partial charge in [0.05, 0.1) is 17.1 Å². The van der Waals surface area contributed by atoms with E-state index >= 15 is 0 Å². The minimum atomic E-state index is -0.518. The van der Waals surface area contributed by atoms with Crippen molar-refractivity contribution in [2.45, 2.75) is 0 Å². The van der Waals surface area contributed by atoms with E-state index in [9.17, 15) is 9.18 Å². The number of carbonyl (C=O) groups excluding carboxylic acids is 1. The third-order valence-electron chi connectivity index (χ3n) is 4.65. The Morgan fingerprint density at radius 1 is 1.16 bits per heavy atom. The quantitative estimate of drug-likeness (QED) is 0.399. The van der Waals surface area contributed by atoms with Crippen molar-refractivity contribution in [2.24, 2.45) is 0 Å². The molecule has 162 valence electrons. The van der Waals surface area contributed by atoms with Crippen LogP contribution in [0.25, 0.3) is 22.3 Å². The second-order valence-electron chi connectivity index (χ2n) is 6.87. The van der Waals surface area contributed by atoms with Crippen molar-refractivity contribution in [3.63, 3.8) is 0 Å². The molecule has 2 aromatic heterocycles. The number of rotatable bonds is 7. The lowest BCUT2D eigenvalue weighted by Gasteiger charge is -2.13. The molecule has 7 nitrogen and oxygen atoms in total. The van der Waals surface area contributed by atoms with Crippen molar-refractivity contribution in [1.29, 1.82) is 0 Å². The van der Waals surface area contributed by atoms with Crippen LogP contribution < -0.4 is 10.6 Å². The molecule has 2 aromatic carbocycles. The lowest BCUT2D eigenvalue weighted by Crippen LogP contribution is -2.26. The smallest absolute Gasteiger partial charge is 0.251 e. The third kappa shape index (κ3) is 4.82. The van der Waals surface area contributed by atoms with E-state index in [2.05, 4.69) is 25.6 Å². The molecule has 9 heteroatoms. The molecule has 0 fully saturated rings. The molecule has 0 aliphatic rings. The van der Waals surface area contributed by atoms with Crippen LogP contribution in [0.5, 0.6) is 0 Å². The number of aromatic nitrogens is 3. The van der Waals surface area contributed by atoms with Gasteiger partial charge in [-0.1, -0.05) is 11.6 Å². The van der Waals surface area contributed by atoms with Crippen LogP contribution in [-0.2, 0) is 4.74 Å².